The smallest absolute Gasteiger partial charge is 0.410 e. The van der Waals surface area contributed by atoms with Gasteiger partial charge in [0.05, 0.1) is 0 Å². The van der Waals surface area contributed by atoms with Crippen LogP contribution in [0.1, 0.15) is 97.4 Å². The number of allylic oxidation sites excluding steroid dienone is 4. The van der Waals surface area contributed by atoms with Crippen molar-refractivity contribution in [1.82, 2.24) is 9.88 Å². The van der Waals surface area contributed by atoms with Crippen LogP contribution in [0.25, 0.3) is 5.57 Å². The third kappa shape index (κ3) is 13.7. The van der Waals surface area contributed by atoms with E-state index < -0.39 is 5.60 Å². The molecule has 7 heteroatoms. The molecule has 3 aromatic rings. The van der Waals surface area contributed by atoms with E-state index in [4.69, 9.17) is 19.2 Å². The molecule has 1 fully saturated rings. The highest BCUT2D eigenvalue weighted by Gasteiger charge is 2.27. The van der Waals surface area contributed by atoms with E-state index in [0.717, 1.165) is 58.6 Å². The Morgan fingerprint density at radius 1 is 0.904 bits per heavy atom. The first kappa shape index (κ1) is 43.4. The van der Waals surface area contributed by atoms with Crippen LogP contribution < -0.4 is 14.4 Å². The van der Waals surface area contributed by atoms with E-state index in [1.807, 2.05) is 102 Å². The van der Waals surface area contributed by atoms with Gasteiger partial charge in [-0.15, -0.1) is 0 Å². The summed E-state index contributed by atoms with van der Waals surface area (Å²) in [5.74, 6) is 1.00. The minimum Gasteiger partial charge on any atom is -0.473 e. The SMILES string of the molecule is C=C/C=C(\C=C/C)COc1nc(OCc2ccccc2)ccc1/C(=C\CC)c1cccc(N2CCN(C(=O)OC(C)(C)C)CC2)c1C.CC.CCC. The van der Waals surface area contributed by atoms with Gasteiger partial charge in [0.25, 0.3) is 0 Å². The Hall–Kier alpha value is -4.78. The van der Waals surface area contributed by atoms with E-state index in [2.05, 4.69) is 63.4 Å². The van der Waals surface area contributed by atoms with Crippen LogP contribution in [0.15, 0.2) is 103 Å². The Balaban J connectivity index is 0.00000178. The summed E-state index contributed by atoms with van der Waals surface area (Å²) in [5.41, 5.74) is 6.90. The predicted molar refractivity (Wildman–Crippen MR) is 219 cm³/mol. The van der Waals surface area contributed by atoms with Crippen LogP contribution in [0.4, 0.5) is 10.5 Å². The second-order valence-corrected chi connectivity index (χ2v) is 13.2. The number of piperazine rings is 1. The Kier molecular flexibility index (Phi) is 19.1. The lowest BCUT2D eigenvalue weighted by molar-refractivity contribution is 0.0240. The van der Waals surface area contributed by atoms with Crippen LogP contribution in [-0.2, 0) is 11.3 Å². The molecule has 1 amide bonds. The molecule has 0 aliphatic carbocycles. The lowest BCUT2D eigenvalue weighted by Gasteiger charge is -2.37. The molecule has 52 heavy (non-hydrogen) atoms. The maximum Gasteiger partial charge on any atom is 0.410 e. The molecule has 0 saturated carbocycles. The number of pyridine rings is 1. The highest BCUT2D eigenvalue weighted by molar-refractivity contribution is 5.85. The lowest BCUT2D eigenvalue weighted by Crippen LogP contribution is -2.50. The van der Waals surface area contributed by atoms with Gasteiger partial charge in [-0.2, -0.15) is 4.98 Å². The van der Waals surface area contributed by atoms with Crippen molar-refractivity contribution in [3.05, 3.63) is 125 Å². The minimum atomic E-state index is -0.513. The van der Waals surface area contributed by atoms with Crippen LogP contribution in [0.2, 0.25) is 0 Å². The number of hydrogen-bond acceptors (Lipinski definition) is 6. The molecule has 0 N–H and O–H groups in total. The molecule has 282 valence electrons. The summed E-state index contributed by atoms with van der Waals surface area (Å²) < 4.78 is 18.2. The normalized spacial score (nSPS) is 13.4. The minimum absolute atomic E-state index is 0.257. The summed E-state index contributed by atoms with van der Waals surface area (Å²) in [4.78, 5) is 21.7. The predicted octanol–water partition coefficient (Wildman–Crippen LogP) is 11.4. The number of anilines is 1. The van der Waals surface area contributed by atoms with Gasteiger partial charge in [0.1, 0.15) is 18.8 Å². The third-order valence-electron chi connectivity index (χ3n) is 7.72. The van der Waals surface area contributed by atoms with Crippen molar-refractivity contribution in [3.63, 3.8) is 0 Å². The lowest BCUT2D eigenvalue weighted by atomic mass is 9.92. The van der Waals surface area contributed by atoms with Gasteiger partial charge in [-0.05, 0) is 81.0 Å². The van der Waals surface area contributed by atoms with Crippen LogP contribution >= 0.6 is 0 Å². The van der Waals surface area contributed by atoms with E-state index in [1.165, 1.54) is 6.42 Å². The number of ether oxygens (including phenoxy) is 3. The molecule has 1 aliphatic rings. The molecule has 0 spiro atoms. The number of carbonyl (C=O) groups is 1. The first-order chi connectivity index (χ1) is 25.0. The van der Waals surface area contributed by atoms with Crippen molar-refractivity contribution in [2.45, 2.75) is 94.3 Å². The van der Waals surface area contributed by atoms with Gasteiger partial charge >= 0.3 is 6.09 Å². The Morgan fingerprint density at radius 2 is 1.58 bits per heavy atom. The van der Waals surface area contributed by atoms with Gasteiger partial charge < -0.3 is 24.0 Å². The van der Waals surface area contributed by atoms with Crippen molar-refractivity contribution < 1.29 is 19.0 Å². The van der Waals surface area contributed by atoms with Gasteiger partial charge in [0, 0.05) is 43.5 Å². The van der Waals surface area contributed by atoms with Crippen molar-refractivity contribution >= 4 is 17.4 Å². The van der Waals surface area contributed by atoms with E-state index >= 15 is 0 Å². The molecular weight excluding hydrogens is 647 g/mol. The highest BCUT2D eigenvalue weighted by atomic mass is 16.6. The van der Waals surface area contributed by atoms with E-state index in [0.29, 0.717) is 38.1 Å². The zero-order valence-corrected chi connectivity index (χ0v) is 33.5. The number of hydrogen-bond donors (Lipinski definition) is 0. The molecule has 4 rings (SSSR count). The second-order valence-electron chi connectivity index (χ2n) is 13.2. The van der Waals surface area contributed by atoms with Gasteiger partial charge in [-0.3, -0.25) is 0 Å². The average molecular weight is 710 g/mol. The topological polar surface area (TPSA) is 64.1 Å². The maximum atomic E-state index is 12.7. The maximum absolute atomic E-state index is 12.7. The largest absolute Gasteiger partial charge is 0.473 e. The van der Waals surface area contributed by atoms with Crippen LogP contribution in [0.3, 0.4) is 0 Å². The Labute approximate surface area is 314 Å². The fraction of sp³-hybridized carbons (Fsp3) is 0.422. The summed E-state index contributed by atoms with van der Waals surface area (Å²) in [6.07, 6.45) is 11.7. The Morgan fingerprint density at radius 3 is 2.17 bits per heavy atom. The molecular formula is C45H63N3O4. The van der Waals surface area contributed by atoms with Gasteiger partial charge in [0.15, 0.2) is 0 Å². The summed E-state index contributed by atoms with van der Waals surface area (Å²) in [5, 5.41) is 0. The summed E-state index contributed by atoms with van der Waals surface area (Å²) in [6.45, 7) is 27.5. The molecule has 2 heterocycles. The summed E-state index contributed by atoms with van der Waals surface area (Å²) in [7, 11) is 0. The van der Waals surface area contributed by atoms with Crippen LogP contribution in [0, 0.1) is 6.92 Å². The Bertz CT molecular complexity index is 1610. The zero-order valence-electron chi connectivity index (χ0n) is 33.5. The van der Waals surface area contributed by atoms with E-state index in [-0.39, 0.29) is 6.09 Å². The van der Waals surface area contributed by atoms with Crippen molar-refractivity contribution in [1.29, 1.82) is 0 Å². The number of carbonyl (C=O) groups excluding carboxylic acids is 1. The standard InChI is InChI=1S/C40H49N3O4.C3H8.C2H6/c1-8-15-31(16-9-2)29-46-38-35(22-23-37(41-38)45-28-32-18-12-11-13-19-32)34(17-10-3)33-20-14-21-36(30(33)4)42-24-26-43(27-25-42)39(44)47-40(5,6)7;1-3-2;1-2/h8-9,11-23H,1,10,24-29H2,2-7H3;3H2,1-2H3;1-2H3/b16-9-,31-15+,34-17-;;. The average Bonchev–Trinajstić information content (AvgIpc) is 3.13. The van der Waals surface area contributed by atoms with Crippen molar-refractivity contribution in [2.75, 3.05) is 37.7 Å². The molecule has 0 bridgehead atoms. The van der Waals surface area contributed by atoms with E-state index in [9.17, 15) is 4.79 Å². The van der Waals surface area contributed by atoms with Gasteiger partial charge in [-0.25, -0.2) is 4.79 Å². The van der Waals surface area contributed by atoms with Crippen LogP contribution in [-0.4, -0.2) is 54.4 Å². The number of nitrogens with zero attached hydrogens (tertiary/aromatic N) is 3. The van der Waals surface area contributed by atoms with Crippen molar-refractivity contribution in [2.24, 2.45) is 0 Å². The highest BCUT2D eigenvalue weighted by Crippen LogP contribution is 2.37. The first-order valence-electron chi connectivity index (χ1n) is 18.8. The number of benzene rings is 2. The molecule has 7 nitrogen and oxygen atoms in total. The molecule has 1 saturated heterocycles. The number of aromatic nitrogens is 1. The molecule has 0 unspecified atom stereocenters. The fourth-order valence-electron chi connectivity index (χ4n) is 5.50. The van der Waals surface area contributed by atoms with Crippen LogP contribution in [0.5, 0.6) is 11.8 Å². The van der Waals surface area contributed by atoms with Gasteiger partial charge in [0.2, 0.25) is 11.8 Å². The number of amides is 1. The number of rotatable bonds is 12. The molecule has 1 aliphatic heterocycles. The van der Waals surface area contributed by atoms with E-state index in [1.54, 1.807) is 11.0 Å². The summed E-state index contributed by atoms with van der Waals surface area (Å²) in [6, 6.07) is 20.4. The summed E-state index contributed by atoms with van der Waals surface area (Å²) >= 11 is 0. The first-order valence-corrected chi connectivity index (χ1v) is 18.8. The van der Waals surface area contributed by atoms with Gasteiger partial charge in [-0.1, -0.05) is 120 Å². The molecule has 2 aromatic carbocycles. The molecule has 0 atom stereocenters. The zero-order chi connectivity index (χ0) is 38.5. The molecule has 1 aromatic heterocycles. The monoisotopic (exact) mass is 709 g/mol. The second kappa shape index (κ2) is 22.9. The molecule has 0 radical (unpaired) electrons. The quantitative estimate of drug-likeness (QED) is 0.174. The third-order valence-corrected chi connectivity index (χ3v) is 7.72. The fourth-order valence-corrected chi connectivity index (χ4v) is 5.50. The van der Waals surface area contributed by atoms with Crippen molar-refractivity contribution in [3.8, 4) is 11.8 Å².